The Morgan fingerprint density at radius 3 is 0.962 bits per heavy atom. The molecule has 4 aromatic carbocycles. The molecule has 4 heterocycles. The summed E-state index contributed by atoms with van der Waals surface area (Å²) in [6.07, 6.45) is 36.7. The maximum Gasteiger partial charge on any atom is 0.0632 e. The summed E-state index contributed by atoms with van der Waals surface area (Å²) in [6.45, 7) is 51.4. The van der Waals surface area contributed by atoms with Gasteiger partial charge in [-0.3, -0.25) is 0 Å². The van der Waals surface area contributed by atoms with Crippen molar-refractivity contribution in [2.45, 2.75) is 352 Å². The van der Waals surface area contributed by atoms with Crippen LogP contribution >= 0.6 is 0 Å². The Bertz CT molecular complexity index is 3360. The van der Waals surface area contributed by atoms with Crippen LogP contribution in [0.5, 0.6) is 0 Å². The van der Waals surface area contributed by atoms with Gasteiger partial charge in [0.25, 0.3) is 0 Å². The van der Waals surface area contributed by atoms with Gasteiger partial charge in [0.1, 0.15) is 0 Å². The summed E-state index contributed by atoms with van der Waals surface area (Å²) in [6, 6.07) is 34.5. The minimum Gasteiger partial charge on any atom is -0.381 e. The lowest BCUT2D eigenvalue weighted by Gasteiger charge is -2.38. The van der Waals surface area contributed by atoms with E-state index in [9.17, 15) is 0 Å². The molecule has 4 saturated heterocycles. The van der Waals surface area contributed by atoms with Crippen molar-refractivity contribution < 1.29 is 24.4 Å². The molecule has 4 atom stereocenters. The van der Waals surface area contributed by atoms with Crippen molar-refractivity contribution in [3.8, 4) is 0 Å². The maximum absolute atomic E-state index is 8.77. The minimum absolute atomic E-state index is 0.0201. The number of fused-ring (bicyclic) bond motifs is 8. The first-order valence-electron chi connectivity index (χ1n) is 45.2. The summed E-state index contributed by atoms with van der Waals surface area (Å²) in [7, 11) is 0. The largest absolute Gasteiger partial charge is 0.381 e. The fourth-order valence-corrected chi connectivity index (χ4v) is 23.4. The van der Waals surface area contributed by atoms with Gasteiger partial charge in [0, 0.05) is 41.3 Å². The van der Waals surface area contributed by atoms with Crippen LogP contribution in [-0.4, -0.2) is 50.8 Å². The van der Waals surface area contributed by atoms with Crippen LogP contribution in [0, 0.1) is 91.6 Å². The van der Waals surface area contributed by atoms with Crippen molar-refractivity contribution in [2.24, 2.45) is 91.6 Å². The molecule has 104 heavy (non-hydrogen) atoms. The lowest BCUT2D eigenvalue weighted by atomic mass is 9.66. The highest BCUT2D eigenvalue weighted by Gasteiger charge is 2.49. The smallest absolute Gasteiger partial charge is 0.0632 e. The molecule has 10 aliphatic carbocycles. The van der Waals surface area contributed by atoms with Crippen LogP contribution < -0.4 is 0 Å². The van der Waals surface area contributed by atoms with Gasteiger partial charge in [-0.2, -0.15) is 0 Å². The molecule has 0 amide bonds. The fourth-order valence-electron chi connectivity index (χ4n) is 23.4. The third-order valence-corrected chi connectivity index (χ3v) is 30.5. The second kappa shape index (κ2) is 33.3. The molecule has 4 aliphatic heterocycles. The van der Waals surface area contributed by atoms with Crippen LogP contribution in [-0.2, 0) is 29.8 Å². The van der Waals surface area contributed by atoms with Crippen molar-refractivity contribution in [3.05, 3.63) is 142 Å². The third-order valence-electron chi connectivity index (χ3n) is 30.5. The van der Waals surface area contributed by atoms with Crippen LogP contribution in [0.3, 0.4) is 0 Å². The monoisotopic (exact) mass is 1430 g/mol. The topological polar surface area (TPSA) is 36.9 Å². The van der Waals surface area contributed by atoms with Crippen molar-refractivity contribution >= 4 is 0 Å². The van der Waals surface area contributed by atoms with E-state index in [0.717, 1.165) is 106 Å². The van der Waals surface area contributed by atoms with E-state index in [-0.39, 0.29) is 39.7 Å². The molecule has 580 valence electrons. The molecule has 4 aromatic rings. The predicted molar refractivity (Wildman–Crippen MR) is 442 cm³/mol. The summed E-state index contributed by atoms with van der Waals surface area (Å²) in [4.78, 5) is 0. The molecular weight excluding hydrogens is 1270 g/mol. The maximum atomic E-state index is 8.77. The quantitative estimate of drug-likeness (QED) is 0.176. The normalized spacial score (nSPS) is 32.7. The van der Waals surface area contributed by atoms with Crippen molar-refractivity contribution in [2.75, 3.05) is 39.6 Å². The zero-order valence-corrected chi connectivity index (χ0v) is 70.5. The molecule has 0 radical (unpaired) electrons. The van der Waals surface area contributed by atoms with Gasteiger partial charge in [-0.05, 0) is 292 Å². The van der Waals surface area contributed by atoms with Crippen LogP contribution in [0.1, 0.15) is 380 Å². The van der Waals surface area contributed by atoms with Crippen LogP contribution in [0.2, 0.25) is 0 Å². The van der Waals surface area contributed by atoms with Gasteiger partial charge < -0.3 is 18.9 Å². The van der Waals surface area contributed by atoms with Gasteiger partial charge in [0.05, 0.1) is 37.6 Å². The molecule has 4 heteroatoms. The van der Waals surface area contributed by atoms with E-state index in [1.807, 2.05) is 19.1 Å². The predicted octanol–water partition coefficient (Wildman–Crippen LogP) is 27.9. The van der Waals surface area contributed by atoms with Crippen molar-refractivity contribution in [3.63, 3.8) is 0 Å². The van der Waals surface area contributed by atoms with Gasteiger partial charge in [0.2, 0.25) is 0 Å². The van der Waals surface area contributed by atoms with E-state index in [1.165, 1.54) is 187 Å². The second-order valence-electron chi connectivity index (χ2n) is 42.0. The van der Waals surface area contributed by atoms with Gasteiger partial charge >= 0.3 is 0 Å². The number of benzene rings is 4. The zero-order chi connectivity index (χ0) is 78.4. The van der Waals surface area contributed by atoms with Gasteiger partial charge in [-0.1, -0.05) is 259 Å². The number of rotatable bonds is 0. The molecule has 8 saturated carbocycles. The van der Waals surface area contributed by atoms with E-state index in [0.29, 0.717) is 50.2 Å². The first kappa shape index (κ1) is 76.1. The highest BCUT2D eigenvalue weighted by molar-refractivity contribution is 5.56. The summed E-state index contributed by atoms with van der Waals surface area (Å²) >= 11 is 0. The van der Waals surface area contributed by atoms with E-state index in [4.69, 9.17) is 24.4 Å². The van der Waals surface area contributed by atoms with Gasteiger partial charge in [0.15, 0.2) is 0 Å². The second-order valence-corrected chi connectivity index (χ2v) is 42.0. The Kier molecular flexibility index (Phi) is 24.4. The van der Waals surface area contributed by atoms with Gasteiger partial charge in [-0.15, -0.1) is 0 Å². The molecule has 0 aromatic heterocycles. The summed E-state index contributed by atoms with van der Waals surface area (Å²) < 4.78 is 55.6. The first-order chi connectivity index (χ1) is 50.3. The van der Waals surface area contributed by atoms with Crippen molar-refractivity contribution in [1.82, 2.24) is 0 Å². The molecule has 12 fully saturated rings. The Labute approximate surface area is 645 Å². The third kappa shape index (κ3) is 19.7. The standard InChI is InChI=1S/2C17H18.2C12H22O.2C11H20.2C10H18O/c2*1-12-13-8-4-6-10-15(13)17(2,3)16-11-7-5-9-14(12)16;2*1-10-4-6-12(7-5-10)8-11(2,3)13-9-12;2*1-8-9-4-5-10(8)7-11(2,3)6-9;2*1-9-2-4-10(5-3-9)6-7-11-8-10/h2*4-12H,1-3H3;2*10H,4-9H2,1-3H3;2*8-10H,4-7H2,1-3H3;2*9H,2-8H2,1H3/i12D;;10D;;8D;;9D;. The molecule has 4 nitrogen and oxygen atoms in total. The average Bonchev–Trinajstić information content (AvgIpc) is 1.18. The average molecular weight is 1430 g/mol. The molecule has 14 aliphatic rings. The Morgan fingerprint density at radius 2 is 0.625 bits per heavy atom. The molecule has 4 bridgehead atoms. The summed E-state index contributed by atoms with van der Waals surface area (Å²) in [5.41, 5.74) is 14.4. The molecule has 4 spiro atoms. The zero-order valence-electron chi connectivity index (χ0n) is 74.5. The number of ether oxygens (including phenoxy) is 4. The highest BCUT2D eigenvalue weighted by atomic mass is 16.5. The first-order valence-corrected chi connectivity index (χ1v) is 43.2. The lowest BCUT2D eigenvalue weighted by molar-refractivity contribution is 0.0271. The minimum atomic E-state index is -0.650. The molecule has 4 unspecified atom stereocenters. The van der Waals surface area contributed by atoms with E-state index < -0.39 is 5.89 Å². The van der Waals surface area contributed by atoms with E-state index in [1.54, 1.807) is 0 Å². The summed E-state index contributed by atoms with van der Waals surface area (Å²) in [5, 5.41) is 0. The SMILES string of the molecule is CC1C2CCC1CC(C)(C)C2.CC1CCC2(CC1)COC(C)(C)C2.CC1CCC2(CCOC2)CC1.CC1c2ccccc2C(C)(C)c2ccccc21.[2H]C1(C)C2CCC1CC(C)(C)C2.[2H]C1(C)CCC2(CC1)COC(C)(C)C2.[2H]C1(C)CCC2(CCOC2)CC1.[2H]C1(C)c2ccccc2C(C)(C)c2ccccc21. The van der Waals surface area contributed by atoms with Gasteiger partial charge in [-0.25, -0.2) is 0 Å². The van der Waals surface area contributed by atoms with E-state index >= 15 is 0 Å². The van der Waals surface area contributed by atoms with Crippen molar-refractivity contribution in [1.29, 1.82) is 0 Å². The Balaban J connectivity index is 0.000000124. The van der Waals surface area contributed by atoms with Crippen LogP contribution in [0.4, 0.5) is 0 Å². The molecule has 18 rings (SSSR count). The highest BCUT2D eigenvalue weighted by Crippen LogP contribution is 2.57. The number of hydrogen-bond acceptors (Lipinski definition) is 4. The lowest BCUT2D eigenvalue weighted by Crippen LogP contribution is -2.29. The Morgan fingerprint density at radius 1 is 0.327 bits per heavy atom. The Hall–Kier alpha value is -3.28. The molecule has 0 N–H and O–H groups in total. The molecular formula is C100H156O4. The number of hydrogen-bond donors (Lipinski definition) is 0. The van der Waals surface area contributed by atoms with Crippen LogP contribution in [0.25, 0.3) is 0 Å². The fraction of sp³-hybridized carbons (Fsp3) is 0.760. The summed E-state index contributed by atoms with van der Waals surface area (Å²) in [5.74, 6) is 5.95. The van der Waals surface area contributed by atoms with E-state index in [2.05, 4.69) is 216 Å². The van der Waals surface area contributed by atoms with Crippen LogP contribution in [0.15, 0.2) is 97.1 Å².